The highest BCUT2D eigenvalue weighted by Gasteiger charge is 2.47. The number of nitrogens with zero attached hydrogens (tertiary/aromatic N) is 2. The van der Waals surface area contributed by atoms with E-state index in [1.165, 1.54) is 49.8 Å². The lowest BCUT2D eigenvalue weighted by atomic mass is 10.2. The molecule has 0 aliphatic carbocycles. The largest absolute Gasteiger partial charge is 0.468 e. The number of hydrogen-bond donors (Lipinski definition) is 0. The summed E-state index contributed by atoms with van der Waals surface area (Å²) in [6.45, 7) is 1.61. The Labute approximate surface area is 196 Å². The van der Waals surface area contributed by atoms with Crippen molar-refractivity contribution in [3.8, 4) is 0 Å². The van der Waals surface area contributed by atoms with Crippen LogP contribution >= 0.6 is 0 Å². The summed E-state index contributed by atoms with van der Waals surface area (Å²) >= 11 is 0. The Morgan fingerprint density at radius 3 is 2.35 bits per heavy atom. The van der Waals surface area contributed by atoms with Crippen LogP contribution in [0.2, 0.25) is 0 Å². The van der Waals surface area contributed by atoms with Gasteiger partial charge in [-0.25, -0.2) is 18.1 Å². The predicted octanol–water partition coefficient (Wildman–Crippen LogP) is 2.90. The quantitative estimate of drug-likeness (QED) is 0.376. The van der Waals surface area contributed by atoms with Crippen LogP contribution < -0.4 is 4.90 Å². The Kier molecular flexibility index (Phi) is 6.36. The maximum absolute atomic E-state index is 13.6. The number of hydrogen-bond acceptors (Lipinski definition) is 7. The van der Waals surface area contributed by atoms with Gasteiger partial charge in [0.2, 0.25) is 15.9 Å². The summed E-state index contributed by atoms with van der Waals surface area (Å²) < 4.78 is 38.1. The van der Waals surface area contributed by atoms with Crippen LogP contribution in [0.4, 0.5) is 5.69 Å². The number of methoxy groups -OCH3 is 1. The highest BCUT2D eigenvalue weighted by atomic mass is 32.2. The lowest BCUT2D eigenvalue weighted by Crippen LogP contribution is -2.45. The molecular weight excluding hydrogens is 460 g/mol. The molecule has 10 heteroatoms. The molecule has 0 spiro atoms. The SMILES string of the molecule is COC(=O)c1ccc(N2C(=O)CC(N(Cc3ccco3)S(=O)(=O)c3ccc(C)cc3)C2=O)cc1. The molecule has 1 fully saturated rings. The molecule has 1 aromatic heterocycles. The minimum atomic E-state index is -4.15. The summed E-state index contributed by atoms with van der Waals surface area (Å²) in [6, 6.07) is 13.9. The molecule has 2 heterocycles. The molecule has 3 aromatic rings. The van der Waals surface area contributed by atoms with Gasteiger partial charge in [-0.15, -0.1) is 0 Å². The first-order valence-electron chi connectivity index (χ1n) is 10.4. The average Bonchev–Trinajstić information content (AvgIpc) is 3.44. The van der Waals surface area contributed by atoms with Crippen molar-refractivity contribution < 1.29 is 32.0 Å². The van der Waals surface area contributed by atoms with E-state index >= 15 is 0 Å². The van der Waals surface area contributed by atoms with E-state index in [4.69, 9.17) is 4.42 Å². The fourth-order valence-corrected chi connectivity index (χ4v) is 5.29. The Bertz CT molecular complexity index is 1310. The number of imide groups is 1. The second-order valence-corrected chi connectivity index (χ2v) is 9.66. The van der Waals surface area contributed by atoms with Gasteiger partial charge < -0.3 is 9.15 Å². The zero-order valence-corrected chi connectivity index (χ0v) is 19.3. The van der Waals surface area contributed by atoms with Crippen molar-refractivity contribution in [2.24, 2.45) is 0 Å². The number of esters is 1. The molecule has 1 unspecified atom stereocenters. The number of aryl methyl sites for hydroxylation is 1. The van der Waals surface area contributed by atoms with Gasteiger partial charge in [0.1, 0.15) is 11.8 Å². The van der Waals surface area contributed by atoms with E-state index in [0.717, 1.165) is 14.8 Å². The number of carbonyl (C=O) groups excluding carboxylic acids is 3. The fourth-order valence-electron chi connectivity index (χ4n) is 3.74. The summed E-state index contributed by atoms with van der Waals surface area (Å²) in [7, 11) is -2.90. The van der Waals surface area contributed by atoms with Gasteiger partial charge in [-0.1, -0.05) is 17.7 Å². The summed E-state index contributed by atoms with van der Waals surface area (Å²) in [4.78, 5) is 38.8. The molecule has 9 nitrogen and oxygen atoms in total. The van der Waals surface area contributed by atoms with Gasteiger partial charge in [0.15, 0.2) is 0 Å². The van der Waals surface area contributed by atoms with Crippen molar-refractivity contribution in [2.45, 2.75) is 30.8 Å². The number of carbonyl (C=O) groups is 3. The van der Waals surface area contributed by atoms with Crippen molar-refractivity contribution >= 4 is 33.5 Å². The van der Waals surface area contributed by atoms with E-state index in [1.807, 2.05) is 6.92 Å². The fraction of sp³-hybridized carbons (Fsp3) is 0.208. The number of anilines is 1. The standard InChI is InChI=1S/C24H22N2O7S/c1-16-5-11-20(12-6-16)34(30,31)25(15-19-4-3-13-33-19)21-14-22(27)26(23(21)28)18-9-7-17(8-10-18)24(29)32-2/h3-13,21H,14-15H2,1-2H3. The topological polar surface area (TPSA) is 114 Å². The molecule has 4 rings (SSSR count). The highest BCUT2D eigenvalue weighted by Crippen LogP contribution is 2.31. The number of amides is 2. The van der Waals surface area contributed by atoms with E-state index < -0.39 is 33.8 Å². The van der Waals surface area contributed by atoms with Crippen LogP contribution in [-0.4, -0.2) is 43.7 Å². The summed E-state index contributed by atoms with van der Waals surface area (Å²) in [5.74, 6) is -1.46. The van der Waals surface area contributed by atoms with Crippen LogP contribution in [0.25, 0.3) is 0 Å². The molecule has 2 amide bonds. The molecule has 1 aliphatic rings. The smallest absolute Gasteiger partial charge is 0.337 e. The molecule has 34 heavy (non-hydrogen) atoms. The van der Waals surface area contributed by atoms with Gasteiger partial charge in [-0.3, -0.25) is 9.59 Å². The monoisotopic (exact) mass is 482 g/mol. The zero-order chi connectivity index (χ0) is 24.5. The predicted molar refractivity (Wildman–Crippen MR) is 121 cm³/mol. The first-order chi connectivity index (χ1) is 16.2. The van der Waals surface area contributed by atoms with Gasteiger partial charge in [0, 0.05) is 0 Å². The maximum Gasteiger partial charge on any atom is 0.337 e. The third-order valence-electron chi connectivity index (χ3n) is 5.54. The Balaban J connectivity index is 1.69. The van der Waals surface area contributed by atoms with Gasteiger partial charge in [-0.05, 0) is 55.5 Å². The molecule has 0 N–H and O–H groups in total. The molecule has 1 atom stereocenters. The highest BCUT2D eigenvalue weighted by molar-refractivity contribution is 7.89. The number of ether oxygens (including phenoxy) is 1. The van der Waals surface area contributed by atoms with E-state index in [-0.39, 0.29) is 29.1 Å². The average molecular weight is 483 g/mol. The second kappa shape index (κ2) is 9.24. The Morgan fingerprint density at radius 2 is 1.76 bits per heavy atom. The maximum atomic E-state index is 13.6. The number of rotatable bonds is 7. The van der Waals surface area contributed by atoms with E-state index in [9.17, 15) is 22.8 Å². The van der Waals surface area contributed by atoms with Gasteiger partial charge in [0.25, 0.3) is 5.91 Å². The lowest BCUT2D eigenvalue weighted by molar-refractivity contribution is -0.122. The number of benzene rings is 2. The first kappa shape index (κ1) is 23.4. The molecular formula is C24H22N2O7S. The Hall–Kier alpha value is -3.76. The van der Waals surface area contributed by atoms with Crippen LogP contribution in [0.1, 0.15) is 28.1 Å². The van der Waals surface area contributed by atoms with Crippen LogP contribution in [0.3, 0.4) is 0 Å². The molecule has 0 saturated carbocycles. The minimum absolute atomic E-state index is 0.00536. The van der Waals surface area contributed by atoms with Crippen molar-refractivity contribution in [3.05, 3.63) is 83.8 Å². The van der Waals surface area contributed by atoms with Crippen molar-refractivity contribution in [1.82, 2.24) is 4.31 Å². The normalized spacial score (nSPS) is 16.3. The van der Waals surface area contributed by atoms with Gasteiger partial charge in [0.05, 0.1) is 42.5 Å². The zero-order valence-electron chi connectivity index (χ0n) is 18.5. The summed E-state index contributed by atoms with van der Waals surface area (Å²) in [6.07, 6.45) is 1.08. The van der Waals surface area contributed by atoms with Crippen molar-refractivity contribution in [2.75, 3.05) is 12.0 Å². The number of sulfonamides is 1. The van der Waals surface area contributed by atoms with Gasteiger partial charge >= 0.3 is 5.97 Å². The summed E-state index contributed by atoms with van der Waals surface area (Å²) in [5, 5.41) is 0. The van der Waals surface area contributed by atoms with Crippen LogP contribution in [0.5, 0.6) is 0 Å². The van der Waals surface area contributed by atoms with E-state index in [2.05, 4.69) is 4.74 Å². The van der Waals surface area contributed by atoms with Crippen molar-refractivity contribution in [3.63, 3.8) is 0 Å². The summed E-state index contributed by atoms with van der Waals surface area (Å²) in [5.41, 5.74) is 1.37. The van der Waals surface area contributed by atoms with Crippen molar-refractivity contribution in [1.29, 1.82) is 0 Å². The third-order valence-corrected chi connectivity index (χ3v) is 7.41. The number of furan rings is 1. The molecule has 2 aromatic carbocycles. The molecule has 176 valence electrons. The molecule has 1 saturated heterocycles. The minimum Gasteiger partial charge on any atom is -0.468 e. The molecule has 1 aliphatic heterocycles. The van der Waals surface area contributed by atoms with Crippen LogP contribution in [0, 0.1) is 6.92 Å². The molecule has 0 radical (unpaired) electrons. The Morgan fingerprint density at radius 1 is 1.09 bits per heavy atom. The molecule has 0 bridgehead atoms. The van der Waals surface area contributed by atoms with Crippen LogP contribution in [-0.2, 0) is 30.9 Å². The third kappa shape index (κ3) is 4.37. The van der Waals surface area contributed by atoms with E-state index in [1.54, 1.807) is 24.3 Å². The lowest BCUT2D eigenvalue weighted by Gasteiger charge is -2.26. The first-order valence-corrected chi connectivity index (χ1v) is 11.8. The van der Waals surface area contributed by atoms with E-state index in [0.29, 0.717) is 5.76 Å². The van der Waals surface area contributed by atoms with Gasteiger partial charge in [-0.2, -0.15) is 4.31 Å². The second-order valence-electron chi connectivity index (χ2n) is 7.77. The van der Waals surface area contributed by atoms with Crippen LogP contribution in [0.15, 0.2) is 76.2 Å².